The van der Waals surface area contributed by atoms with Gasteiger partial charge >= 0.3 is 0 Å². The third-order valence-electron chi connectivity index (χ3n) is 3.79. The van der Waals surface area contributed by atoms with Gasteiger partial charge in [-0.1, -0.05) is 0 Å². The van der Waals surface area contributed by atoms with E-state index in [1.54, 1.807) is 23.2 Å². The van der Waals surface area contributed by atoms with Gasteiger partial charge in [0.25, 0.3) is 5.91 Å². The molecule has 0 aliphatic carbocycles. The van der Waals surface area contributed by atoms with E-state index in [1.807, 2.05) is 25.1 Å². The van der Waals surface area contributed by atoms with Crippen molar-refractivity contribution in [1.29, 1.82) is 5.26 Å². The highest BCUT2D eigenvalue weighted by atomic mass is 16.5. The van der Waals surface area contributed by atoms with Crippen LogP contribution in [-0.2, 0) is 4.74 Å². The van der Waals surface area contributed by atoms with E-state index < -0.39 is 0 Å². The molecule has 24 heavy (non-hydrogen) atoms. The quantitative estimate of drug-likeness (QED) is 0.902. The number of nitrogens with one attached hydrogen (secondary N) is 1. The van der Waals surface area contributed by atoms with E-state index in [0.717, 1.165) is 5.69 Å². The molecule has 0 spiro atoms. The van der Waals surface area contributed by atoms with E-state index in [4.69, 9.17) is 10.00 Å². The lowest BCUT2D eigenvalue weighted by Crippen LogP contribution is -2.42. The Morgan fingerprint density at radius 3 is 3.08 bits per heavy atom. The number of nitrogens with zero attached hydrogens (tertiary/aromatic N) is 5. The standard InChI is InChI=1S/C16H18N6O2/c1-21(2)16-18-4-3-12(20-16)14-10-22(5-6-24-14)15(23)13-7-11(8-17)9-19-13/h3-4,7,9,14,19H,5-6,10H2,1-2H3/t14-/m1/s1. The summed E-state index contributed by atoms with van der Waals surface area (Å²) in [5, 5.41) is 8.87. The average Bonchev–Trinajstić information content (AvgIpc) is 3.10. The van der Waals surface area contributed by atoms with Crippen LogP contribution in [0, 0.1) is 11.3 Å². The third-order valence-corrected chi connectivity index (χ3v) is 3.79. The second kappa shape index (κ2) is 6.68. The summed E-state index contributed by atoms with van der Waals surface area (Å²) >= 11 is 0. The van der Waals surface area contributed by atoms with Gasteiger partial charge < -0.3 is 19.5 Å². The lowest BCUT2D eigenvalue weighted by atomic mass is 10.2. The fraction of sp³-hybridized carbons (Fsp3) is 0.375. The van der Waals surface area contributed by atoms with Gasteiger partial charge in [0.2, 0.25) is 5.95 Å². The van der Waals surface area contributed by atoms with Crippen molar-refractivity contribution in [3.8, 4) is 6.07 Å². The maximum absolute atomic E-state index is 12.6. The minimum absolute atomic E-state index is 0.147. The van der Waals surface area contributed by atoms with Crippen LogP contribution in [0.2, 0.25) is 0 Å². The Morgan fingerprint density at radius 2 is 2.38 bits per heavy atom. The molecule has 3 rings (SSSR count). The van der Waals surface area contributed by atoms with Crippen LogP contribution >= 0.6 is 0 Å². The fourth-order valence-electron chi connectivity index (χ4n) is 2.52. The molecule has 2 aromatic heterocycles. The van der Waals surface area contributed by atoms with Crippen LogP contribution in [0.25, 0.3) is 0 Å². The van der Waals surface area contributed by atoms with Crippen molar-refractivity contribution < 1.29 is 9.53 Å². The van der Waals surface area contributed by atoms with Gasteiger partial charge in [0.15, 0.2) is 0 Å². The van der Waals surface area contributed by atoms with E-state index in [2.05, 4.69) is 15.0 Å². The van der Waals surface area contributed by atoms with E-state index in [1.165, 1.54) is 6.20 Å². The van der Waals surface area contributed by atoms with E-state index in [-0.39, 0.29) is 12.0 Å². The Bertz CT molecular complexity index is 779. The van der Waals surface area contributed by atoms with Crippen LogP contribution < -0.4 is 4.90 Å². The summed E-state index contributed by atoms with van der Waals surface area (Å²) in [5.41, 5.74) is 1.59. The molecule has 0 saturated carbocycles. The van der Waals surface area contributed by atoms with Gasteiger partial charge in [0.05, 0.1) is 24.4 Å². The van der Waals surface area contributed by atoms with Gasteiger partial charge in [-0.15, -0.1) is 0 Å². The third kappa shape index (κ3) is 3.21. The molecule has 1 aliphatic heterocycles. The number of anilines is 1. The lowest BCUT2D eigenvalue weighted by molar-refractivity contribution is -0.0249. The molecule has 1 amide bonds. The molecular formula is C16H18N6O2. The molecular weight excluding hydrogens is 308 g/mol. The molecule has 1 aliphatic rings. The first-order valence-electron chi connectivity index (χ1n) is 7.58. The van der Waals surface area contributed by atoms with Gasteiger partial charge in [0.1, 0.15) is 17.9 Å². The Balaban J connectivity index is 1.75. The van der Waals surface area contributed by atoms with Crippen LogP contribution in [-0.4, -0.2) is 59.6 Å². The summed E-state index contributed by atoms with van der Waals surface area (Å²) in [6.07, 6.45) is 2.92. The highest BCUT2D eigenvalue weighted by Crippen LogP contribution is 2.22. The number of aromatic nitrogens is 3. The van der Waals surface area contributed by atoms with Gasteiger partial charge in [0, 0.05) is 33.0 Å². The molecule has 0 bridgehead atoms. The minimum atomic E-state index is -0.296. The number of hydrogen-bond acceptors (Lipinski definition) is 6. The van der Waals surface area contributed by atoms with Crippen LogP contribution in [0.5, 0.6) is 0 Å². The SMILES string of the molecule is CN(C)c1nccc([C@H]2CN(C(=O)c3cc(C#N)c[nH]3)CCO2)n1. The Morgan fingerprint density at radius 1 is 1.54 bits per heavy atom. The molecule has 2 aromatic rings. The summed E-state index contributed by atoms with van der Waals surface area (Å²) in [7, 11) is 3.74. The topological polar surface area (TPSA) is 98.1 Å². The molecule has 1 atom stereocenters. The van der Waals surface area contributed by atoms with Crippen LogP contribution in [0.15, 0.2) is 24.5 Å². The lowest BCUT2D eigenvalue weighted by Gasteiger charge is -2.32. The van der Waals surface area contributed by atoms with Crippen molar-refractivity contribution in [2.24, 2.45) is 0 Å². The summed E-state index contributed by atoms with van der Waals surface area (Å²) in [6, 6.07) is 5.37. The van der Waals surface area contributed by atoms with E-state index in [9.17, 15) is 4.79 Å². The number of morpholine rings is 1. The van der Waals surface area contributed by atoms with Gasteiger partial charge in [-0.05, 0) is 12.1 Å². The highest BCUT2D eigenvalue weighted by molar-refractivity contribution is 5.93. The van der Waals surface area contributed by atoms with E-state index in [0.29, 0.717) is 36.9 Å². The predicted molar refractivity (Wildman–Crippen MR) is 86.5 cm³/mol. The van der Waals surface area contributed by atoms with Crippen LogP contribution in [0.3, 0.4) is 0 Å². The smallest absolute Gasteiger partial charge is 0.270 e. The average molecular weight is 326 g/mol. The first kappa shape index (κ1) is 16.0. The molecule has 0 aromatic carbocycles. The maximum Gasteiger partial charge on any atom is 0.270 e. The molecule has 1 saturated heterocycles. The second-order valence-electron chi connectivity index (χ2n) is 5.70. The van der Waals surface area contributed by atoms with Gasteiger partial charge in [-0.2, -0.15) is 5.26 Å². The van der Waals surface area contributed by atoms with Crippen molar-refractivity contribution in [3.05, 3.63) is 41.5 Å². The Hall–Kier alpha value is -2.92. The van der Waals surface area contributed by atoms with Crippen molar-refractivity contribution in [1.82, 2.24) is 19.9 Å². The monoisotopic (exact) mass is 326 g/mol. The van der Waals surface area contributed by atoms with Gasteiger partial charge in [-0.25, -0.2) is 9.97 Å². The molecule has 124 valence electrons. The first-order chi connectivity index (χ1) is 11.6. The van der Waals surface area contributed by atoms with Crippen molar-refractivity contribution in [3.63, 3.8) is 0 Å². The minimum Gasteiger partial charge on any atom is -0.368 e. The number of nitriles is 1. The summed E-state index contributed by atoms with van der Waals surface area (Å²) in [4.78, 5) is 27.6. The zero-order valence-corrected chi connectivity index (χ0v) is 13.6. The summed E-state index contributed by atoms with van der Waals surface area (Å²) in [6.45, 7) is 1.34. The molecule has 1 N–H and O–H groups in total. The number of ether oxygens (including phenoxy) is 1. The number of H-pyrrole nitrogens is 1. The fourth-order valence-corrected chi connectivity index (χ4v) is 2.52. The van der Waals surface area contributed by atoms with E-state index >= 15 is 0 Å². The number of hydrogen-bond donors (Lipinski definition) is 1. The molecule has 8 heteroatoms. The number of carbonyl (C=O) groups excluding carboxylic acids is 1. The zero-order valence-electron chi connectivity index (χ0n) is 13.6. The first-order valence-corrected chi connectivity index (χ1v) is 7.58. The Labute approximate surface area is 139 Å². The van der Waals surface area contributed by atoms with Crippen molar-refractivity contribution >= 4 is 11.9 Å². The van der Waals surface area contributed by atoms with Crippen molar-refractivity contribution in [2.75, 3.05) is 38.7 Å². The maximum atomic E-state index is 12.6. The van der Waals surface area contributed by atoms with Crippen LogP contribution in [0.1, 0.15) is 27.8 Å². The Kier molecular flexibility index (Phi) is 4.44. The molecule has 3 heterocycles. The number of rotatable bonds is 3. The van der Waals surface area contributed by atoms with Gasteiger partial charge in [-0.3, -0.25) is 4.79 Å². The highest BCUT2D eigenvalue weighted by Gasteiger charge is 2.28. The molecule has 8 nitrogen and oxygen atoms in total. The zero-order chi connectivity index (χ0) is 17.1. The molecule has 0 radical (unpaired) electrons. The number of carbonyl (C=O) groups is 1. The number of aromatic amines is 1. The van der Waals surface area contributed by atoms with Crippen molar-refractivity contribution in [2.45, 2.75) is 6.10 Å². The summed E-state index contributed by atoms with van der Waals surface area (Å²) < 4.78 is 5.78. The molecule has 0 unspecified atom stereocenters. The number of amides is 1. The molecule has 1 fully saturated rings. The normalized spacial score (nSPS) is 17.4. The van der Waals surface area contributed by atoms with Crippen LogP contribution in [0.4, 0.5) is 5.95 Å². The second-order valence-corrected chi connectivity index (χ2v) is 5.70. The predicted octanol–water partition coefficient (Wildman–Crippen LogP) is 0.956. The largest absolute Gasteiger partial charge is 0.368 e. The summed E-state index contributed by atoms with van der Waals surface area (Å²) in [5.74, 6) is 0.453.